The van der Waals surface area contributed by atoms with Crippen molar-refractivity contribution in [3.63, 3.8) is 0 Å². The number of para-hydroxylation sites is 3. The van der Waals surface area contributed by atoms with Crippen LogP contribution in [0.4, 0.5) is 5.69 Å². The molecule has 2 aromatic carbocycles. The molecule has 120 valence electrons. The minimum Gasteiger partial charge on any atom is -0.454 e. The molecule has 2 aliphatic rings. The zero-order chi connectivity index (χ0) is 16.1. The number of nitrogens with zero attached hydrogens (tertiary/aromatic N) is 2. The van der Waals surface area contributed by atoms with Gasteiger partial charge in [0.05, 0.1) is 16.7 Å². The van der Waals surface area contributed by atoms with Gasteiger partial charge in [-0.2, -0.15) is 0 Å². The van der Waals surface area contributed by atoms with Crippen molar-refractivity contribution < 1.29 is 14.3 Å². The number of fused-ring (bicyclic) bond motifs is 2. The van der Waals surface area contributed by atoms with Gasteiger partial charge in [-0.15, -0.1) is 0 Å². The molecular formula is C18H15N3O3. The van der Waals surface area contributed by atoms with Gasteiger partial charge in [0.1, 0.15) is 5.82 Å². The number of imidazole rings is 1. The van der Waals surface area contributed by atoms with Gasteiger partial charge in [0.25, 0.3) is 0 Å². The summed E-state index contributed by atoms with van der Waals surface area (Å²) in [4.78, 5) is 22.3. The zero-order valence-corrected chi connectivity index (χ0v) is 12.9. The number of H-pyrrole nitrogens is 1. The second-order valence-corrected chi connectivity index (χ2v) is 6.06. The minimum absolute atomic E-state index is 0.0445. The van der Waals surface area contributed by atoms with Gasteiger partial charge in [0.2, 0.25) is 12.7 Å². The van der Waals surface area contributed by atoms with E-state index in [0.717, 1.165) is 22.5 Å². The summed E-state index contributed by atoms with van der Waals surface area (Å²) in [5.74, 6) is 2.31. The fraction of sp³-hybridized carbons (Fsp3) is 0.222. The number of hydrogen-bond donors (Lipinski definition) is 1. The van der Waals surface area contributed by atoms with Gasteiger partial charge in [0, 0.05) is 18.9 Å². The fourth-order valence-electron chi connectivity index (χ4n) is 3.42. The van der Waals surface area contributed by atoms with Crippen molar-refractivity contribution in [1.82, 2.24) is 9.97 Å². The summed E-state index contributed by atoms with van der Waals surface area (Å²) in [6.07, 6.45) is 0.435. The Morgan fingerprint density at radius 3 is 2.96 bits per heavy atom. The van der Waals surface area contributed by atoms with Crippen molar-refractivity contribution in [2.24, 2.45) is 0 Å². The van der Waals surface area contributed by atoms with E-state index >= 15 is 0 Å². The van der Waals surface area contributed by atoms with Crippen LogP contribution in [0.1, 0.15) is 18.2 Å². The molecule has 0 radical (unpaired) electrons. The second kappa shape index (κ2) is 4.99. The van der Waals surface area contributed by atoms with Crippen molar-refractivity contribution in [2.45, 2.75) is 12.3 Å². The molecule has 24 heavy (non-hydrogen) atoms. The van der Waals surface area contributed by atoms with Crippen LogP contribution in [0.5, 0.6) is 11.5 Å². The molecule has 6 heteroatoms. The van der Waals surface area contributed by atoms with Crippen LogP contribution in [-0.2, 0) is 4.79 Å². The predicted octanol–water partition coefficient (Wildman–Crippen LogP) is 2.81. The first-order valence-corrected chi connectivity index (χ1v) is 7.93. The van der Waals surface area contributed by atoms with Crippen LogP contribution in [0.15, 0.2) is 42.5 Å². The van der Waals surface area contributed by atoms with Crippen LogP contribution in [0.3, 0.4) is 0 Å². The Morgan fingerprint density at radius 1 is 1.12 bits per heavy atom. The highest BCUT2D eigenvalue weighted by Gasteiger charge is 2.36. The molecule has 3 heterocycles. The van der Waals surface area contributed by atoms with E-state index in [1.54, 1.807) is 4.90 Å². The molecule has 1 fully saturated rings. The monoisotopic (exact) mass is 321 g/mol. The zero-order valence-electron chi connectivity index (χ0n) is 12.9. The van der Waals surface area contributed by atoms with E-state index in [9.17, 15) is 4.79 Å². The Balaban J connectivity index is 1.48. The molecule has 6 nitrogen and oxygen atoms in total. The number of carbonyl (C=O) groups excluding carboxylic acids is 1. The molecule has 1 aromatic heterocycles. The van der Waals surface area contributed by atoms with Gasteiger partial charge >= 0.3 is 0 Å². The molecule has 1 unspecified atom stereocenters. The van der Waals surface area contributed by atoms with Crippen molar-refractivity contribution in [3.8, 4) is 11.5 Å². The fourth-order valence-corrected chi connectivity index (χ4v) is 3.42. The topological polar surface area (TPSA) is 67.5 Å². The third kappa shape index (κ3) is 1.96. The molecule has 5 rings (SSSR count). The number of benzene rings is 2. The second-order valence-electron chi connectivity index (χ2n) is 6.06. The molecule has 0 bridgehead atoms. The van der Waals surface area contributed by atoms with Gasteiger partial charge in [-0.05, 0) is 24.3 Å². The predicted molar refractivity (Wildman–Crippen MR) is 88.4 cm³/mol. The van der Waals surface area contributed by atoms with Gasteiger partial charge in [-0.25, -0.2) is 4.98 Å². The number of nitrogens with one attached hydrogen (secondary N) is 1. The van der Waals surface area contributed by atoms with Crippen LogP contribution in [0.2, 0.25) is 0 Å². The summed E-state index contributed by atoms with van der Waals surface area (Å²) in [5.41, 5.74) is 2.69. The molecule has 2 aliphatic heterocycles. The number of aromatic amines is 1. The van der Waals surface area contributed by atoms with Crippen LogP contribution in [0, 0.1) is 0 Å². The summed E-state index contributed by atoms with van der Waals surface area (Å²) in [5, 5.41) is 0. The smallest absolute Gasteiger partial charge is 0.231 e. The van der Waals surface area contributed by atoms with Crippen LogP contribution in [-0.4, -0.2) is 29.2 Å². The highest BCUT2D eigenvalue weighted by molar-refractivity contribution is 5.98. The Kier molecular flexibility index (Phi) is 2.79. The lowest BCUT2D eigenvalue weighted by atomic mass is 10.1. The van der Waals surface area contributed by atoms with Gasteiger partial charge in [0.15, 0.2) is 11.5 Å². The van der Waals surface area contributed by atoms with E-state index in [-0.39, 0.29) is 18.6 Å². The lowest BCUT2D eigenvalue weighted by Gasteiger charge is -2.18. The highest BCUT2D eigenvalue weighted by atomic mass is 16.7. The van der Waals surface area contributed by atoms with E-state index < -0.39 is 0 Å². The van der Waals surface area contributed by atoms with Crippen molar-refractivity contribution in [3.05, 3.63) is 48.3 Å². The maximum Gasteiger partial charge on any atom is 0.231 e. The molecule has 1 amide bonds. The summed E-state index contributed by atoms with van der Waals surface area (Å²) in [6, 6.07) is 13.5. The summed E-state index contributed by atoms with van der Waals surface area (Å²) in [6.45, 7) is 0.778. The van der Waals surface area contributed by atoms with E-state index in [2.05, 4.69) is 9.97 Å². The number of hydrogen-bond acceptors (Lipinski definition) is 4. The summed E-state index contributed by atoms with van der Waals surface area (Å²) in [7, 11) is 0. The van der Waals surface area contributed by atoms with Gasteiger partial charge in [-0.3, -0.25) is 4.79 Å². The highest BCUT2D eigenvalue weighted by Crippen LogP contribution is 2.43. The Labute approximate surface area is 138 Å². The molecular weight excluding hydrogens is 306 g/mol. The lowest BCUT2D eigenvalue weighted by Crippen LogP contribution is -2.24. The third-order valence-electron chi connectivity index (χ3n) is 4.59. The van der Waals surface area contributed by atoms with Crippen molar-refractivity contribution >= 4 is 22.6 Å². The standard InChI is InChI=1S/C18H15N3O3/c22-16-8-11(18-19-12-4-1-2-5-13(12)20-18)9-21(16)14-6-3-7-15-17(14)24-10-23-15/h1-7,11H,8-10H2,(H,19,20). The largest absolute Gasteiger partial charge is 0.454 e. The average molecular weight is 321 g/mol. The van der Waals surface area contributed by atoms with Gasteiger partial charge in [-0.1, -0.05) is 18.2 Å². The first-order valence-electron chi connectivity index (χ1n) is 7.93. The Hall–Kier alpha value is -3.02. The minimum atomic E-state index is 0.0445. The number of aromatic nitrogens is 2. The van der Waals surface area contributed by atoms with Gasteiger partial charge < -0.3 is 19.4 Å². The lowest BCUT2D eigenvalue weighted by molar-refractivity contribution is -0.117. The molecule has 3 aromatic rings. The molecule has 1 N–H and O–H groups in total. The normalized spacial score (nSPS) is 19.4. The molecule has 0 spiro atoms. The van der Waals surface area contributed by atoms with Crippen LogP contribution in [0.25, 0.3) is 11.0 Å². The van der Waals surface area contributed by atoms with Crippen molar-refractivity contribution in [1.29, 1.82) is 0 Å². The number of rotatable bonds is 2. The Bertz CT molecular complexity index is 917. The van der Waals surface area contributed by atoms with E-state index in [1.165, 1.54) is 0 Å². The summed E-state index contributed by atoms with van der Waals surface area (Å²) < 4.78 is 10.9. The molecule has 0 aliphatic carbocycles. The first kappa shape index (κ1) is 13.4. The number of ether oxygens (including phenoxy) is 2. The van der Waals surface area contributed by atoms with Crippen LogP contribution < -0.4 is 14.4 Å². The maximum atomic E-state index is 12.6. The first-order chi connectivity index (χ1) is 11.8. The molecule has 1 saturated heterocycles. The maximum absolute atomic E-state index is 12.6. The summed E-state index contributed by atoms with van der Waals surface area (Å²) >= 11 is 0. The molecule has 1 atom stereocenters. The number of anilines is 1. The SMILES string of the molecule is O=C1CC(c2nc3ccccc3[nH]2)CN1c1cccc2c1OCO2. The quantitative estimate of drug-likeness (QED) is 0.788. The number of amides is 1. The molecule has 0 saturated carbocycles. The average Bonchev–Trinajstić information content (AvgIpc) is 3.31. The van der Waals surface area contributed by atoms with Crippen molar-refractivity contribution in [2.75, 3.05) is 18.2 Å². The van der Waals surface area contributed by atoms with E-state index in [1.807, 2.05) is 42.5 Å². The van der Waals surface area contributed by atoms with E-state index in [4.69, 9.17) is 9.47 Å². The van der Waals surface area contributed by atoms with E-state index in [0.29, 0.717) is 24.5 Å². The number of carbonyl (C=O) groups is 1. The Morgan fingerprint density at radius 2 is 2.04 bits per heavy atom. The third-order valence-corrected chi connectivity index (χ3v) is 4.59. The van der Waals surface area contributed by atoms with Crippen LogP contribution >= 0.6 is 0 Å².